The number of aromatic nitrogens is 3. The zero-order valence-corrected chi connectivity index (χ0v) is 19.8. The highest BCUT2D eigenvalue weighted by molar-refractivity contribution is 9.10. The van der Waals surface area contributed by atoms with E-state index in [1.165, 1.54) is 18.0 Å². The van der Waals surface area contributed by atoms with Crippen molar-refractivity contribution in [2.24, 2.45) is 5.10 Å². The summed E-state index contributed by atoms with van der Waals surface area (Å²) >= 11 is 10.8. The van der Waals surface area contributed by atoms with Crippen LogP contribution < -0.4 is 5.43 Å². The van der Waals surface area contributed by atoms with E-state index in [9.17, 15) is 4.79 Å². The molecule has 1 N–H and O–H groups in total. The van der Waals surface area contributed by atoms with Gasteiger partial charge in [0.05, 0.1) is 12.0 Å². The number of benzene rings is 3. The van der Waals surface area contributed by atoms with Crippen molar-refractivity contribution >= 4 is 51.4 Å². The highest BCUT2D eigenvalue weighted by Crippen LogP contribution is 2.28. The molecule has 0 aliphatic rings. The number of hydrazone groups is 1. The summed E-state index contributed by atoms with van der Waals surface area (Å²) in [5.41, 5.74) is 5.08. The first-order valence-electron chi connectivity index (χ1n) is 9.58. The van der Waals surface area contributed by atoms with Crippen molar-refractivity contribution in [3.63, 3.8) is 0 Å². The van der Waals surface area contributed by atoms with Crippen LogP contribution in [0.4, 0.5) is 0 Å². The lowest BCUT2D eigenvalue weighted by molar-refractivity contribution is -0.118. The molecule has 1 heterocycles. The zero-order valence-electron chi connectivity index (χ0n) is 16.7. The predicted octanol–water partition coefficient (Wildman–Crippen LogP) is 5.59. The van der Waals surface area contributed by atoms with Crippen molar-refractivity contribution in [3.05, 3.63) is 93.9 Å². The summed E-state index contributed by atoms with van der Waals surface area (Å²) in [6.07, 6.45) is 1.52. The van der Waals surface area contributed by atoms with Crippen molar-refractivity contribution < 1.29 is 4.79 Å². The van der Waals surface area contributed by atoms with Crippen molar-refractivity contribution in [3.8, 4) is 17.1 Å². The van der Waals surface area contributed by atoms with Gasteiger partial charge >= 0.3 is 0 Å². The van der Waals surface area contributed by atoms with Crippen LogP contribution in [0.1, 0.15) is 5.56 Å². The van der Waals surface area contributed by atoms with Crippen molar-refractivity contribution in [2.45, 2.75) is 5.16 Å². The Labute approximate surface area is 202 Å². The molecule has 3 aromatic carbocycles. The number of carbonyl (C=O) groups is 1. The maximum Gasteiger partial charge on any atom is 0.250 e. The number of thioether (sulfide) groups is 1. The summed E-state index contributed by atoms with van der Waals surface area (Å²) < 4.78 is 2.92. The van der Waals surface area contributed by atoms with E-state index in [-0.39, 0.29) is 11.7 Å². The highest BCUT2D eigenvalue weighted by atomic mass is 79.9. The number of hydrogen-bond acceptors (Lipinski definition) is 5. The standard InChI is InChI=1S/C23H17BrClN5OS/c24-18-12-10-16(11-13-18)22-28-29-23(30(22)19-7-2-1-3-8-19)32-15-21(31)27-26-14-17-6-4-5-9-20(17)25/h1-14H,15H2,(H,27,31)/b26-14-. The Hall–Kier alpha value is -2.94. The Morgan fingerprint density at radius 2 is 1.75 bits per heavy atom. The summed E-state index contributed by atoms with van der Waals surface area (Å²) in [5, 5.41) is 13.9. The van der Waals surface area contributed by atoms with E-state index in [1.807, 2.05) is 77.4 Å². The van der Waals surface area contributed by atoms with Crippen LogP contribution in [0.5, 0.6) is 0 Å². The average Bonchev–Trinajstić information content (AvgIpc) is 3.24. The number of rotatable bonds is 7. The summed E-state index contributed by atoms with van der Waals surface area (Å²) in [6, 6.07) is 24.9. The quantitative estimate of drug-likeness (QED) is 0.193. The van der Waals surface area contributed by atoms with Gasteiger partial charge in [0, 0.05) is 26.3 Å². The van der Waals surface area contributed by atoms with E-state index in [4.69, 9.17) is 11.6 Å². The third-order valence-corrected chi connectivity index (χ3v) is 6.18. The minimum absolute atomic E-state index is 0.130. The van der Waals surface area contributed by atoms with E-state index in [0.717, 1.165) is 21.3 Å². The summed E-state index contributed by atoms with van der Waals surface area (Å²) in [6.45, 7) is 0. The predicted molar refractivity (Wildman–Crippen MR) is 132 cm³/mol. The minimum Gasteiger partial charge on any atom is -0.272 e. The fourth-order valence-electron chi connectivity index (χ4n) is 2.88. The topological polar surface area (TPSA) is 72.2 Å². The number of para-hydroxylation sites is 1. The maximum atomic E-state index is 12.3. The molecular formula is C23H17BrClN5OS. The van der Waals surface area contributed by atoms with Crippen LogP contribution in [0.15, 0.2) is 93.6 Å². The number of nitrogens with zero attached hydrogens (tertiary/aromatic N) is 4. The van der Waals surface area contributed by atoms with Crippen LogP contribution in [0, 0.1) is 0 Å². The first-order chi connectivity index (χ1) is 15.6. The maximum absolute atomic E-state index is 12.3. The van der Waals surface area contributed by atoms with Gasteiger partial charge in [-0.25, -0.2) is 5.43 Å². The van der Waals surface area contributed by atoms with Gasteiger partial charge in [-0.2, -0.15) is 5.10 Å². The van der Waals surface area contributed by atoms with E-state index in [0.29, 0.717) is 16.0 Å². The van der Waals surface area contributed by atoms with Crippen LogP contribution >= 0.6 is 39.3 Å². The van der Waals surface area contributed by atoms with Crippen molar-refractivity contribution in [1.82, 2.24) is 20.2 Å². The molecule has 0 spiro atoms. The third kappa shape index (κ3) is 5.45. The lowest BCUT2D eigenvalue weighted by Crippen LogP contribution is -2.20. The Kier molecular flexibility index (Phi) is 7.36. The zero-order chi connectivity index (χ0) is 22.3. The largest absolute Gasteiger partial charge is 0.272 e. The van der Waals surface area contributed by atoms with Gasteiger partial charge in [-0.05, 0) is 30.3 Å². The van der Waals surface area contributed by atoms with Crippen LogP contribution in [0.3, 0.4) is 0 Å². The Bertz CT molecular complexity index is 1240. The number of nitrogens with one attached hydrogen (secondary N) is 1. The highest BCUT2D eigenvalue weighted by Gasteiger charge is 2.17. The van der Waals surface area contributed by atoms with Gasteiger partial charge in [-0.3, -0.25) is 9.36 Å². The molecule has 0 unspecified atom stereocenters. The Morgan fingerprint density at radius 1 is 1.03 bits per heavy atom. The molecule has 4 aromatic rings. The van der Waals surface area contributed by atoms with Crippen LogP contribution in [-0.4, -0.2) is 32.6 Å². The first-order valence-corrected chi connectivity index (χ1v) is 11.7. The van der Waals surface area contributed by atoms with Crippen LogP contribution in [0.2, 0.25) is 5.02 Å². The molecule has 1 amide bonds. The van der Waals surface area contributed by atoms with Gasteiger partial charge in [0.15, 0.2) is 11.0 Å². The van der Waals surface area contributed by atoms with E-state index in [2.05, 4.69) is 36.7 Å². The molecule has 9 heteroatoms. The molecule has 0 fully saturated rings. The van der Waals surface area contributed by atoms with Crippen molar-refractivity contribution in [1.29, 1.82) is 0 Å². The molecule has 0 aliphatic heterocycles. The van der Waals surface area contributed by atoms with Gasteiger partial charge in [0.2, 0.25) is 0 Å². The minimum atomic E-state index is -0.258. The first kappa shape index (κ1) is 22.3. The molecule has 0 radical (unpaired) electrons. The Morgan fingerprint density at radius 3 is 2.50 bits per heavy atom. The lowest BCUT2D eigenvalue weighted by Gasteiger charge is -2.10. The van der Waals surface area contributed by atoms with E-state index < -0.39 is 0 Å². The summed E-state index contributed by atoms with van der Waals surface area (Å²) in [7, 11) is 0. The van der Waals surface area contributed by atoms with Crippen LogP contribution in [-0.2, 0) is 4.79 Å². The molecule has 0 saturated carbocycles. The molecule has 1 aromatic heterocycles. The molecule has 0 bridgehead atoms. The molecule has 6 nitrogen and oxygen atoms in total. The van der Waals surface area contributed by atoms with E-state index in [1.54, 1.807) is 6.07 Å². The average molecular weight is 527 g/mol. The summed E-state index contributed by atoms with van der Waals surface area (Å²) in [5.74, 6) is 0.569. The number of halogens is 2. The second-order valence-corrected chi connectivity index (χ2v) is 8.85. The van der Waals surface area contributed by atoms with E-state index >= 15 is 0 Å². The number of amides is 1. The van der Waals surface area contributed by atoms with Crippen molar-refractivity contribution in [2.75, 3.05) is 5.75 Å². The molecular weight excluding hydrogens is 510 g/mol. The summed E-state index contributed by atoms with van der Waals surface area (Å²) in [4.78, 5) is 12.3. The molecule has 0 aliphatic carbocycles. The SMILES string of the molecule is O=C(CSc1nnc(-c2ccc(Br)cc2)n1-c1ccccc1)N/N=C\c1ccccc1Cl. The second kappa shape index (κ2) is 10.6. The molecule has 0 atom stereocenters. The smallest absolute Gasteiger partial charge is 0.250 e. The molecule has 32 heavy (non-hydrogen) atoms. The Balaban J connectivity index is 1.50. The van der Waals surface area contributed by atoms with Crippen LogP contribution in [0.25, 0.3) is 17.1 Å². The fourth-order valence-corrected chi connectivity index (χ4v) is 4.07. The molecule has 4 rings (SSSR count). The third-order valence-electron chi connectivity index (χ3n) is 4.38. The van der Waals surface area contributed by atoms with Gasteiger partial charge in [-0.15, -0.1) is 10.2 Å². The van der Waals surface area contributed by atoms with Gasteiger partial charge in [0.25, 0.3) is 5.91 Å². The second-order valence-electron chi connectivity index (χ2n) is 6.59. The lowest BCUT2D eigenvalue weighted by atomic mass is 10.2. The fraction of sp³-hybridized carbons (Fsp3) is 0.0435. The van der Waals surface area contributed by atoms with Gasteiger partial charge < -0.3 is 0 Å². The van der Waals surface area contributed by atoms with Gasteiger partial charge in [-0.1, -0.05) is 87.8 Å². The normalized spacial score (nSPS) is 11.1. The molecule has 160 valence electrons. The number of carbonyl (C=O) groups excluding carboxylic acids is 1. The van der Waals surface area contributed by atoms with Gasteiger partial charge in [0.1, 0.15) is 0 Å². The molecule has 0 saturated heterocycles. The monoisotopic (exact) mass is 525 g/mol. The number of hydrogen-bond donors (Lipinski definition) is 1.